The number of hydrogen-bond acceptors (Lipinski definition) is 3. The second kappa shape index (κ2) is 5.12. The number of aryl methyl sites for hydroxylation is 2. The Morgan fingerprint density at radius 3 is 2.50 bits per heavy atom. The number of halogens is 1. The first-order valence-corrected chi connectivity index (χ1v) is 6.67. The number of thiophene rings is 1. The summed E-state index contributed by atoms with van der Waals surface area (Å²) in [5.74, 6) is 0.504. The van der Waals surface area contributed by atoms with Crippen molar-refractivity contribution >= 4 is 28.7 Å². The van der Waals surface area contributed by atoms with Crippen LogP contribution in [0.4, 0.5) is 0 Å². The van der Waals surface area contributed by atoms with Crippen molar-refractivity contribution in [2.24, 2.45) is 0 Å². The summed E-state index contributed by atoms with van der Waals surface area (Å²) >= 11 is 7.56. The van der Waals surface area contributed by atoms with Crippen LogP contribution < -0.4 is 4.74 Å². The van der Waals surface area contributed by atoms with Gasteiger partial charge in [-0.3, -0.25) is 4.79 Å². The number of ketones is 1. The van der Waals surface area contributed by atoms with Crippen molar-refractivity contribution in [2.75, 3.05) is 7.11 Å². The van der Waals surface area contributed by atoms with E-state index in [0.717, 1.165) is 15.3 Å². The van der Waals surface area contributed by atoms with Gasteiger partial charge in [0.1, 0.15) is 5.75 Å². The van der Waals surface area contributed by atoms with Gasteiger partial charge in [-0.15, -0.1) is 11.3 Å². The molecule has 0 amide bonds. The molecule has 18 heavy (non-hydrogen) atoms. The van der Waals surface area contributed by atoms with E-state index >= 15 is 0 Å². The first-order chi connectivity index (χ1) is 8.52. The van der Waals surface area contributed by atoms with Gasteiger partial charge in [-0.05, 0) is 38.1 Å². The van der Waals surface area contributed by atoms with Crippen LogP contribution in [0.25, 0.3) is 0 Å². The molecule has 0 saturated heterocycles. The molecule has 0 atom stereocenters. The summed E-state index contributed by atoms with van der Waals surface area (Å²) in [4.78, 5) is 14.6. The van der Waals surface area contributed by atoms with Crippen LogP contribution in [0.5, 0.6) is 5.75 Å². The molecule has 1 aromatic heterocycles. The van der Waals surface area contributed by atoms with Crippen molar-refractivity contribution < 1.29 is 9.53 Å². The molecule has 2 nitrogen and oxygen atoms in total. The molecule has 1 aromatic carbocycles. The number of carbonyl (C=O) groups is 1. The van der Waals surface area contributed by atoms with Gasteiger partial charge in [0.15, 0.2) is 5.78 Å². The SMILES string of the molecule is COc1ccc(Cl)cc1C(=O)c1cc(C)sc1C. The number of rotatable bonds is 3. The van der Waals surface area contributed by atoms with Crippen LogP contribution in [0.3, 0.4) is 0 Å². The fourth-order valence-corrected chi connectivity index (χ4v) is 2.95. The lowest BCUT2D eigenvalue weighted by Gasteiger charge is -2.07. The monoisotopic (exact) mass is 280 g/mol. The molecule has 0 saturated carbocycles. The summed E-state index contributed by atoms with van der Waals surface area (Å²) in [5.41, 5.74) is 1.23. The molecule has 4 heteroatoms. The smallest absolute Gasteiger partial charge is 0.197 e. The van der Waals surface area contributed by atoms with Gasteiger partial charge in [0.05, 0.1) is 12.7 Å². The van der Waals surface area contributed by atoms with E-state index in [2.05, 4.69) is 0 Å². The minimum absolute atomic E-state index is 0.0452. The maximum atomic E-state index is 12.5. The maximum Gasteiger partial charge on any atom is 0.197 e. The van der Waals surface area contributed by atoms with E-state index in [-0.39, 0.29) is 5.78 Å². The lowest BCUT2D eigenvalue weighted by Crippen LogP contribution is -2.04. The zero-order chi connectivity index (χ0) is 13.3. The van der Waals surface area contributed by atoms with Crippen LogP contribution in [-0.2, 0) is 0 Å². The third-order valence-electron chi connectivity index (χ3n) is 2.69. The van der Waals surface area contributed by atoms with E-state index in [1.807, 2.05) is 19.9 Å². The topological polar surface area (TPSA) is 26.3 Å². The predicted octanol–water partition coefficient (Wildman–Crippen LogP) is 4.26. The van der Waals surface area contributed by atoms with Crippen LogP contribution in [0.1, 0.15) is 25.7 Å². The minimum atomic E-state index is -0.0452. The quantitative estimate of drug-likeness (QED) is 0.786. The van der Waals surface area contributed by atoms with Crippen molar-refractivity contribution in [2.45, 2.75) is 13.8 Å². The van der Waals surface area contributed by atoms with E-state index in [1.165, 1.54) is 0 Å². The van der Waals surface area contributed by atoms with Crippen LogP contribution in [0.2, 0.25) is 5.02 Å². The van der Waals surface area contributed by atoms with Crippen LogP contribution in [0, 0.1) is 13.8 Å². The Morgan fingerprint density at radius 2 is 1.94 bits per heavy atom. The van der Waals surface area contributed by atoms with Crippen molar-refractivity contribution in [3.05, 3.63) is 50.2 Å². The number of benzene rings is 1. The predicted molar refractivity (Wildman–Crippen MR) is 75.2 cm³/mol. The second-order valence-corrected chi connectivity index (χ2v) is 5.90. The van der Waals surface area contributed by atoms with E-state index in [1.54, 1.807) is 36.6 Å². The maximum absolute atomic E-state index is 12.5. The Hall–Kier alpha value is -1.32. The van der Waals surface area contributed by atoms with Gasteiger partial charge in [-0.2, -0.15) is 0 Å². The molecule has 0 bridgehead atoms. The highest BCUT2D eigenvalue weighted by Crippen LogP contribution is 2.29. The Labute approximate surface area is 115 Å². The van der Waals surface area contributed by atoms with Gasteiger partial charge in [-0.1, -0.05) is 11.6 Å². The van der Waals surface area contributed by atoms with Crippen molar-refractivity contribution in [1.29, 1.82) is 0 Å². The Morgan fingerprint density at radius 1 is 1.22 bits per heavy atom. The highest BCUT2D eigenvalue weighted by molar-refractivity contribution is 7.12. The summed E-state index contributed by atoms with van der Waals surface area (Å²) in [5, 5.41) is 0.531. The standard InChI is InChI=1S/C14H13ClO2S/c1-8-6-11(9(2)18-8)14(16)12-7-10(15)4-5-13(12)17-3/h4-7H,1-3H3. The van der Waals surface area contributed by atoms with E-state index in [4.69, 9.17) is 16.3 Å². The van der Waals surface area contributed by atoms with Gasteiger partial charge in [0.25, 0.3) is 0 Å². The average Bonchev–Trinajstić information content (AvgIpc) is 2.67. The molecule has 2 rings (SSSR count). The zero-order valence-corrected chi connectivity index (χ0v) is 12.0. The third kappa shape index (κ3) is 2.42. The largest absolute Gasteiger partial charge is 0.496 e. The molecule has 0 N–H and O–H groups in total. The van der Waals surface area contributed by atoms with Gasteiger partial charge in [-0.25, -0.2) is 0 Å². The van der Waals surface area contributed by atoms with Gasteiger partial charge < -0.3 is 4.74 Å². The lowest BCUT2D eigenvalue weighted by molar-refractivity contribution is 0.103. The third-order valence-corrected chi connectivity index (χ3v) is 3.89. The molecule has 0 fully saturated rings. The van der Waals surface area contributed by atoms with Crippen LogP contribution in [-0.4, -0.2) is 12.9 Å². The normalized spacial score (nSPS) is 10.4. The fourth-order valence-electron chi connectivity index (χ4n) is 1.86. The molecule has 94 valence electrons. The fraction of sp³-hybridized carbons (Fsp3) is 0.214. The van der Waals surface area contributed by atoms with Gasteiger partial charge in [0.2, 0.25) is 0 Å². The van der Waals surface area contributed by atoms with E-state index in [0.29, 0.717) is 16.3 Å². The molecular formula is C14H13ClO2S. The number of hydrogen-bond donors (Lipinski definition) is 0. The van der Waals surface area contributed by atoms with E-state index in [9.17, 15) is 4.79 Å². The zero-order valence-electron chi connectivity index (χ0n) is 10.4. The summed E-state index contributed by atoms with van der Waals surface area (Å²) in [7, 11) is 1.55. The average molecular weight is 281 g/mol. The summed E-state index contributed by atoms with van der Waals surface area (Å²) in [6.45, 7) is 3.94. The minimum Gasteiger partial charge on any atom is -0.496 e. The molecule has 2 aromatic rings. The van der Waals surface area contributed by atoms with Crippen molar-refractivity contribution in [1.82, 2.24) is 0 Å². The van der Waals surface area contributed by atoms with Gasteiger partial charge >= 0.3 is 0 Å². The highest BCUT2D eigenvalue weighted by atomic mass is 35.5. The molecular weight excluding hydrogens is 268 g/mol. The number of carbonyl (C=O) groups excluding carboxylic acids is 1. The Bertz CT molecular complexity index is 602. The van der Waals surface area contributed by atoms with E-state index < -0.39 is 0 Å². The highest BCUT2D eigenvalue weighted by Gasteiger charge is 2.18. The van der Waals surface area contributed by atoms with Gasteiger partial charge in [0, 0.05) is 20.3 Å². The Balaban J connectivity index is 2.51. The lowest BCUT2D eigenvalue weighted by atomic mass is 10.0. The summed E-state index contributed by atoms with van der Waals surface area (Å²) in [6, 6.07) is 6.98. The first kappa shape index (κ1) is 13.1. The van der Waals surface area contributed by atoms with Crippen molar-refractivity contribution in [3.63, 3.8) is 0 Å². The summed E-state index contributed by atoms with van der Waals surface area (Å²) in [6.07, 6.45) is 0. The molecule has 1 heterocycles. The number of ether oxygens (including phenoxy) is 1. The molecule has 0 aliphatic heterocycles. The molecule has 0 unspecified atom stereocenters. The first-order valence-electron chi connectivity index (χ1n) is 5.48. The van der Waals surface area contributed by atoms with Crippen molar-refractivity contribution in [3.8, 4) is 5.75 Å². The second-order valence-electron chi connectivity index (χ2n) is 4.00. The van der Waals surface area contributed by atoms with Crippen LogP contribution >= 0.6 is 22.9 Å². The molecule has 0 spiro atoms. The number of methoxy groups -OCH3 is 1. The molecule has 0 aliphatic carbocycles. The summed E-state index contributed by atoms with van der Waals surface area (Å²) < 4.78 is 5.21. The molecule has 0 radical (unpaired) electrons. The Kier molecular flexibility index (Phi) is 3.73. The van der Waals surface area contributed by atoms with Crippen LogP contribution in [0.15, 0.2) is 24.3 Å². The molecule has 0 aliphatic rings.